The summed E-state index contributed by atoms with van der Waals surface area (Å²) in [6, 6.07) is 1.40. The van der Waals surface area contributed by atoms with Crippen LogP contribution in [0.4, 0.5) is 24.9 Å². The van der Waals surface area contributed by atoms with Crippen molar-refractivity contribution in [3.05, 3.63) is 12.3 Å². The molecule has 0 aromatic carbocycles. The Balaban J connectivity index is 2.86. The monoisotopic (exact) mass is 235 g/mol. The summed E-state index contributed by atoms with van der Waals surface area (Å²) in [6.45, 7) is 0.758. The van der Waals surface area contributed by atoms with E-state index in [4.69, 9.17) is 5.84 Å². The number of rotatable bonds is 4. The Labute approximate surface area is 90.4 Å². The van der Waals surface area contributed by atoms with Crippen LogP contribution in [0, 0.1) is 0 Å². The van der Waals surface area contributed by atoms with Crippen molar-refractivity contribution in [1.29, 1.82) is 0 Å². The molecule has 0 aliphatic rings. The van der Waals surface area contributed by atoms with E-state index in [0.29, 0.717) is 0 Å². The highest BCUT2D eigenvalue weighted by Crippen LogP contribution is 2.20. The Bertz CT molecular complexity index is 341. The van der Waals surface area contributed by atoms with Crippen molar-refractivity contribution in [2.75, 3.05) is 23.4 Å². The molecule has 0 radical (unpaired) electrons. The Morgan fingerprint density at radius 3 is 2.69 bits per heavy atom. The van der Waals surface area contributed by atoms with Crippen LogP contribution in [0.15, 0.2) is 12.3 Å². The molecule has 90 valence electrons. The molecule has 0 atom stereocenters. The fraction of sp³-hybridized carbons (Fsp3) is 0.500. The molecule has 0 saturated heterocycles. The van der Waals surface area contributed by atoms with E-state index >= 15 is 0 Å². The van der Waals surface area contributed by atoms with Crippen molar-refractivity contribution in [2.24, 2.45) is 5.84 Å². The van der Waals surface area contributed by atoms with Crippen LogP contribution in [0.5, 0.6) is 0 Å². The largest absolute Gasteiger partial charge is 0.405 e. The number of hydrogen-bond acceptors (Lipinski definition) is 5. The summed E-state index contributed by atoms with van der Waals surface area (Å²) >= 11 is 0. The molecule has 16 heavy (non-hydrogen) atoms. The fourth-order valence-electron chi connectivity index (χ4n) is 1.17. The zero-order valence-corrected chi connectivity index (χ0v) is 8.62. The molecule has 0 amide bonds. The van der Waals surface area contributed by atoms with Crippen LogP contribution >= 0.6 is 0 Å². The first-order valence-corrected chi connectivity index (χ1v) is 4.57. The van der Waals surface area contributed by atoms with Crippen LogP contribution in [0.3, 0.4) is 0 Å². The number of alkyl halides is 3. The number of nitrogens with two attached hydrogens (primary N) is 1. The van der Waals surface area contributed by atoms with Crippen LogP contribution in [0.25, 0.3) is 0 Å². The van der Waals surface area contributed by atoms with Crippen molar-refractivity contribution in [1.82, 2.24) is 9.97 Å². The first-order chi connectivity index (χ1) is 7.46. The number of nitrogens with zero attached hydrogens (tertiary/aromatic N) is 3. The number of hydrazine groups is 1. The second kappa shape index (κ2) is 4.97. The molecule has 8 heteroatoms. The Hall–Kier alpha value is -1.57. The van der Waals surface area contributed by atoms with Gasteiger partial charge in [-0.3, -0.25) is 5.43 Å². The second-order valence-corrected chi connectivity index (χ2v) is 3.01. The fourth-order valence-corrected chi connectivity index (χ4v) is 1.17. The lowest BCUT2D eigenvalue weighted by Crippen LogP contribution is -2.34. The van der Waals surface area contributed by atoms with E-state index < -0.39 is 12.7 Å². The SMILES string of the molecule is CCN(CC(F)(F)F)c1ccnc(NN)n1. The number of anilines is 2. The third-order valence-corrected chi connectivity index (χ3v) is 1.85. The van der Waals surface area contributed by atoms with Gasteiger partial charge in [0.15, 0.2) is 0 Å². The minimum absolute atomic E-state index is 0.0816. The number of nitrogen functional groups attached to an aromatic ring is 1. The second-order valence-electron chi connectivity index (χ2n) is 3.01. The highest BCUT2D eigenvalue weighted by molar-refractivity contribution is 5.42. The molecule has 0 aliphatic heterocycles. The highest BCUT2D eigenvalue weighted by Gasteiger charge is 2.30. The Morgan fingerprint density at radius 1 is 1.50 bits per heavy atom. The van der Waals surface area contributed by atoms with Crippen molar-refractivity contribution in [3.63, 3.8) is 0 Å². The van der Waals surface area contributed by atoms with Gasteiger partial charge >= 0.3 is 6.18 Å². The normalized spacial score (nSPS) is 11.3. The predicted octanol–water partition coefficient (Wildman–Crippen LogP) is 1.15. The maximum absolute atomic E-state index is 12.2. The van der Waals surface area contributed by atoms with Gasteiger partial charge in [0.25, 0.3) is 0 Å². The van der Waals surface area contributed by atoms with Crippen LogP contribution in [-0.4, -0.2) is 29.2 Å². The maximum Gasteiger partial charge on any atom is 0.405 e. The molecule has 5 nitrogen and oxygen atoms in total. The van der Waals surface area contributed by atoms with Crippen LogP contribution in [0.1, 0.15) is 6.92 Å². The van der Waals surface area contributed by atoms with Crippen molar-refractivity contribution in [3.8, 4) is 0 Å². The molecular formula is C8H12F3N5. The minimum atomic E-state index is -4.27. The quantitative estimate of drug-likeness (QED) is 0.605. The smallest absolute Gasteiger partial charge is 0.348 e. The summed E-state index contributed by atoms with van der Waals surface area (Å²) in [5.41, 5.74) is 2.18. The van der Waals surface area contributed by atoms with E-state index in [-0.39, 0.29) is 18.3 Å². The molecule has 1 heterocycles. The van der Waals surface area contributed by atoms with Gasteiger partial charge in [-0.25, -0.2) is 10.8 Å². The molecule has 0 spiro atoms. The van der Waals surface area contributed by atoms with Crippen molar-refractivity contribution in [2.45, 2.75) is 13.1 Å². The topological polar surface area (TPSA) is 67.1 Å². The molecule has 0 unspecified atom stereocenters. The molecule has 0 saturated carbocycles. The van der Waals surface area contributed by atoms with E-state index in [0.717, 1.165) is 4.90 Å². The highest BCUT2D eigenvalue weighted by atomic mass is 19.4. The lowest BCUT2D eigenvalue weighted by atomic mass is 10.4. The van der Waals surface area contributed by atoms with Gasteiger partial charge in [-0.2, -0.15) is 18.2 Å². The number of hydrogen-bond donors (Lipinski definition) is 2. The van der Waals surface area contributed by atoms with Gasteiger partial charge < -0.3 is 4.90 Å². The van der Waals surface area contributed by atoms with E-state index in [9.17, 15) is 13.2 Å². The molecule has 1 rings (SSSR count). The van der Waals surface area contributed by atoms with Crippen molar-refractivity contribution < 1.29 is 13.2 Å². The van der Waals surface area contributed by atoms with E-state index in [1.807, 2.05) is 0 Å². The number of aromatic nitrogens is 2. The van der Waals surface area contributed by atoms with Gasteiger partial charge in [0.2, 0.25) is 5.95 Å². The summed E-state index contributed by atoms with van der Waals surface area (Å²) in [5, 5.41) is 0. The zero-order chi connectivity index (χ0) is 12.2. The maximum atomic E-state index is 12.2. The lowest BCUT2D eigenvalue weighted by Gasteiger charge is -2.23. The van der Waals surface area contributed by atoms with E-state index in [2.05, 4.69) is 15.4 Å². The molecule has 3 N–H and O–H groups in total. The Morgan fingerprint density at radius 2 is 2.19 bits per heavy atom. The third kappa shape index (κ3) is 3.54. The average molecular weight is 235 g/mol. The Kier molecular flexibility index (Phi) is 3.88. The van der Waals surface area contributed by atoms with Gasteiger partial charge in [-0.1, -0.05) is 0 Å². The molecule has 0 fully saturated rings. The first-order valence-electron chi connectivity index (χ1n) is 4.57. The average Bonchev–Trinajstić information content (AvgIpc) is 2.25. The number of nitrogens with one attached hydrogen (secondary N) is 1. The van der Waals surface area contributed by atoms with E-state index in [1.165, 1.54) is 12.3 Å². The molecule has 0 aliphatic carbocycles. The molecule has 1 aromatic heterocycles. The van der Waals surface area contributed by atoms with Gasteiger partial charge in [0.05, 0.1) is 0 Å². The van der Waals surface area contributed by atoms with Gasteiger partial charge in [0.1, 0.15) is 12.4 Å². The predicted molar refractivity (Wildman–Crippen MR) is 53.8 cm³/mol. The zero-order valence-electron chi connectivity index (χ0n) is 8.62. The summed E-state index contributed by atoms with van der Waals surface area (Å²) in [4.78, 5) is 8.63. The summed E-state index contributed by atoms with van der Waals surface area (Å²) < 4.78 is 36.7. The van der Waals surface area contributed by atoms with Gasteiger partial charge in [-0.15, -0.1) is 0 Å². The first kappa shape index (κ1) is 12.5. The lowest BCUT2D eigenvalue weighted by molar-refractivity contribution is -0.119. The van der Waals surface area contributed by atoms with Crippen LogP contribution in [0.2, 0.25) is 0 Å². The van der Waals surface area contributed by atoms with Gasteiger partial charge in [-0.05, 0) is 13.0 Å². The molecule has 1 aromatic rings. The van der Waals surface area contributed by atoms with Crippen molar-refractivity contribution >= 4 is 11.8 Å². The van der Waals surface area contributed by atoms with E-state index in [1.54, 1.807) is 6.92 Å². The summed E-state index contributed by atoms with van der Waals surface area (Å²) in [5.74, 6) is 5.34. The third-order valence-electron chi connectivity index (χ3n) is 1.85. The van der Waals surface area contributed by atoms with Gasteiger partial charge in [0, 0.05) is 12.7 Å². The summed E-state index contributed by atoms with van der Waals surface area (Å²) in [6.07, 6.45) is -2.92. The summed E-state index contributed by atoms with van der Waals surface area (Å²) in [7, 11) is 0. The number of halogens is 3. The van der Waals surface area contributed by atoms with Crippen LogP contribution < -0.4 is 16.2 Å². The van der Waals surface area contributed by atoms with Crippen LogP contribution in [-0.2, 0) is 0 Å². The molecular weight excluding hydrogens is 223 g/mol. The standard InChI is InChI=1S/C8H12F3N5/c1-2-16(5-8(9,10)11)6-3-4-13-7(14-6)15-12/h3-4H,2,5,12H2,1H3,(H,13,14,15). The minimum Gasteiger partial charge on any atom is -0.348 e. The molecule has 0 bridgehead atoms.